The van der Waals surface area contributed by atoms with Crippen LogP contribution in [0.3, 0.4) is 0 Å². The molecule has 0 spiro atoms. The molecule has 0 atom stereocenters. The van der Waals surface area contributed by atoms with Gasteiger partial charge in [-0.1, -0.05) is 0 Å². The Labute approximate surface area is 72.8 Å². The van der Waals surface area contributed by atoms with Crippen molar-refractivity contribution in [3.8, 4) is 0 Å². The van der Waals surface area contributed by atoms with Crippen molar-refractivity contribution < 1.29 is 13.5 Å². The van der Waals surface area contributed by atoms with Gasteiger partial charge in [0.1, 0.15) is 0 Å². The van der Waals surface area contributed by atoms with Crippen LogP contribution in [0.4, 0.5) is 0 Å². The summed E-state index contributed by atoms with van der Waals surface area (Å²) in [6.45, 7) is 0.126. The summed E-state index contributed by atoms with van der Waals surface area (Å²) in [6, 6.07) is 0. The Morgan fingerprint density at radius 3 is 2.25 bits per heavy atom. The maximum Gasteiger partial charge on any atom is 0.214 e. The monoisotopic (exact) mass is 193 g/mol. The van der Waals surface area contributed by atoms with E-state index < -0.39 is 14.8 Å². The van der Waals surface area contributed by atoms with Crippen LogP contribution in [0.25, 0.3) is 0 Å². The molecule has 0 aliphatic heterocycles. The normalized spacial score (nSPS) is 20.8. The van der Waals surface area contributed by atoms with Gasteiger partial charge in [0.2, 0.25) is 10.0 Å². The van der Waals surface area contributed by atoms with Gasteiger partial charge in [-0.25, -0.2) is 13.6 Å². The largest absolute Gasteiger partial charge is 0.396 e. The van der Waals surface area contributed by atoms with Crippen LogP contribution in [0.5, 0.6) is 0 Å². The van der Waals surface area contributed by atoms with E-state index in [9.17, 15) is 8.42 Å². The van der Waals surface area contributed by atoms with Gasteiger partial charge in [-0.2, -0.15) is 0 Å². The number of aliphatic hydroxyl groups excluding tert-OH is 1. The molecule has 0 radical (unpaired) electrons. The number of primary sulfonamides is 1. The lowest BCUT2D eigenvalue weighted by atomic mass is 10.2. The smallest absolute Gasteiger partial charge is 0.214 e. The fourth-order valence-electron chi connectivity index (χ4n) is 1.38. The third-order valence-electron chi connectivity index (χ3n) is 2.45. The standard InChI is InChI=1S/C7H15NO3S/c8-12(10,11)7(4-5-7)3-1-2-6-9/h9H,1-6H2,(H2,8,10,11). The molecule has 1 fully saturated rings. The molecule has 1 aliphatic carbocycles. The Balaban J connectivity index is 2.41. The summed E-state index contributed by atoms with van der Waals surface area (Å²) < 4.78 is 21.4. The van der Waals surface area contributed by atoms with E-state index in [2.05, 4.69) is 0 Å². The van der Waals surface area contributed by atoms with Crippen molar-refractivity contribution in [1.29, 1.82) is 0 Å². The first kappa shape index (κ1) is 9.95. The zero-order chi connectivity index (χ0) is 9.24. The first-order valence-electron chi connectivity index (χ1n) is 4.15. The average molecular weight is 193 g/mol. The summed E-state index contributed by atoms with van der Waals surface area (Å²) in [6.07, 6.45) is 3.39. The first-order chi connectivity index (χ1) is 5.52. The highest BCUT2D eigenvalue weighted by atomic mass is 32.2. The Kier molecular flexibility index (Phi) is 2.75. The highest BCUT2D eigenvalue weighted by molar-refractivity contribution is 7.90. The Hall–Kier alpha value is -0.130. The van der Waals surface area contributed by atoms with Gasteiger partial charge in [0.05, 0.1) is 4.75 Å². The first-order valence-corrected chi connectivity index (χ1v) is 5.70. The van der Waals surface area contributed by atoms with Crippen LogP contribution in [-0.2, 0) is 10.0 Å². The lowest BCUT2D eigenvalue weighted by molar-refractivity contribution is 0.282. The highest BCUT2D eigenvalue weighted by Crippen LogP contribution is 2.46. The van der Waals surface area contributed by atoms with Gasteiger partial charge in [0.25, 0.3) is 0 Å². The van der Waals surface area contributed by atoms with Gasteiger partial charge in [-0.15, -0.1) is 0 Å². The second-order valence-electron chi connectivity index (χ2n) is 3.41. The van der Waals surface area contributed by atoms with Crippen LogP contribution in [0.2, 0.25) is 0 Å². The number of sulfonamides is 1. The quantitative estimate of drug-likeness (QED) is 0.602. The minimum atomic E-state index is -3.35. The summed E-state index contributed by atoms with van der Waals surface area (Å²) >= 11 is 0. The maximum absolute atomic E-state index is 11.0. The predicted octanol–water partition coefficient (Wildman–Crippen LogP) is -0.0299. The van der Waals surface area contributed by atoms with Gasteiger partial charge in [-0.05, 0) is 32.1 Å². The molecular weight excluding hydrogens is 178 g/mol. The van der Waals surface area contributed by atoms with Crippen LogP contribution in [0.1, 0.15) is 32.1 Å². The molecule has 0 saturated heterocycles. The molecule has 0 aromatic carbocycles. The fraction of sp³-hybridized carbons (Fsp3) is 1.00. The number of unbranched alkanes of at least 4 members (excludes halogenated alkanes) is 1. The van der Waals surface area contributed by atoms with E-state index in [0.29, 0.717) is 25.7 Å². The van der Waals surface area contributed by atoms with Crippen LogP contribution < -0.4 is 5.14 Å². The molecule has 0 bridgehead atoms. The summed E-state index contributed by atoms with van der Waals surface area (Å²) in [7, 11) is -3.35. The zero-order valence-electron chi connectivity index (χ0n) is 6.99. The molecule has 1 saturated carbocycles. The zero-order valence-corrected chi connectivity index (χ0v) is 7.81. The maximum atomic E-state index is 11.0. The molecule has 0 aromatic rings. The van der Waals surface area contributed by atoms with Gasteiger partial charge < -0.3 is 5.11 Å². The van der Waals surface area contributed by atoms with Crippen molar-refractivity contribution in [2.24, 2.45) is 5.14 Å². The molecule has 4 nitrogen and oxygen atoms in total. The Morgan fingerprint density at radius 2 is 1.92 bits per heavy atom. The summed E-state index contributed by atoms with van der Waals surface area (Å²) in [5.41, 5.74) is 0. The van der Waals surface area contributed by atoms with Crippen molar-refractivity contribution >= 4 is 10.0 Å². The third-order valence-corrected chi connectivity index (χ3v) is 4.27. The molecule has 12 heavy (non-hydrogen) atoms. The Morgan fingerprint density at radius 1 is 1.33 bits per heavy atom. The lowest BCUT2D eigenvalue weighted by Gasteiger charge is -2.10. The minimum absolute atomic E-state index is 0.126. The topological polar surface area (TPSA) is 80.4 Å². The number of aliphatic hydroxyl groups is 1. The number of hydrogen-bond donors (Lipinski definition) is 2. The van der Waals surface area contributed by atoms with Gasteiger partial charge in [0, 0.05) is 6.61 Å². The third kappa shape index (κ3) is 1.97. The van der Waals surface area contributed by atoms with Gasteiger partial charge in [-0.3, -0.25) is 0 Å². The van der Waals surface area contributed by atoms with Crippen LogP contribution in [-0.4, -0.2) is 24.9 Å². The van der Waals surface area contributed by atoms with Crippen molar-refractivity contribution in [3.63, 3.8) is 0 Å². The molecule has 1 aliphatic rings. The van der Waals surface area contributed by atoms with Crippen molar-refractivity contribution in [1.82, 2.24) is 0 Å². The van der Waals surface area contributed by atoms with Crippen LogP contribution in [0, 0.1) is 0 Å². The summed E-state index contributed by atoms with van der Waals surface area (Å²) in [4.78, 5) is 0. The summed E-state index contributed by atoms with van der Waals surface area (Å²) in [5, 5.41) is 13.6. The molecule has 1 rings (SSSR count). The van der Waals surface area contributed by atoms with E-state index in [4.69, 9.17) is 10.2 Å². The van der Waals surface area contributed by atoms with E-state index in [1.165, 1.54) is 0 Å². The van der Waals surface area contributed by atoms with Crippen molar-refractivity contribution in [2.75, 3.05) is 6.61 Å². The molecule has 72 valence electrons. The van der Waals surface area contributed by atoms with E-state index in [1.807, 2.05) is 0 Å². The molecule has 0 unspecified atom stereocenters. The molecular formula is C7H15NO3S. The fourth-order valence-corrected chi connectivity index (χ4v) is 2.48. The SMILES string of the molecule is NS(=O)(=O)C1(CCCCO)CC1. The van der Waals surface area contributed by atoms with Crippen molar-refractivity contribution in [2.45, 2.75) is 36.9 Å². The van der Waals surface area contributed by atoms with E-state index in [-0.39, 0.29) is 6.61 Å². The van der Waals surface area contributed by atoms with E-state index in [1.54, 1.807) is 0 Å². The highest BCUT2D eigenvalue weighted by Gasteiger charge is 2.51. The molecule has 3 N–H and O–H groups in total. The molecule has 0 heterocycles. The molecule has 5 heteroatoms. The molecule has 0 amide bonds. The molecule has 0 aromatic heterocycles. The number of rotatable bonds is 5. The predicted molar refractivity (Wildman–Crippen MR) is 46.0 cm³/mol. The van der Waals surface area contributed by atoms with Gasteiger partial charge >= 0.3 is 0 Å². The van der Waals surface area contributed by atoms with Crippen molar-refractivity contribution in [3.05, 3.63) is 0 Å². The number of nitrogens with two attached hydrogens (primary N) is 1. The lowest BCUT2D eigenvalue weighted by Crippen LogP contribution is -2.30. The minimum Gasteiger partial charge on any atom is -0.396 e. The van der Waals surface area contributed by atoms with Gasteiger partial charge in [0.15, 0.2) is 0 Å². The Bertz CT molecular complexity index is 243. The number of hydrogen-bond acceptors (Lipinski definition) is 3. The van der Waals surface area contributed by atoms with E-state index in [0.717, 1.165) is 6.42 Å². The van der Waals surface area contributed by atoms with Crippen LogP contribution in [0.15, 0.2) is 0 Å². The summed E-state index contributed by atoms with van der Waals surface area (Å²) in [5.74, 6) is 0. The second kappa shape index (κ2) is 3.32. The van der Waals surface area contributed by atoms with E-state index >= 15 is 0 Å². The van der Waals surface area contributed by atoms with Crippen LogP contribution >= 0.6 is 0 Å². The second-order valence-corrected chi connectivity index (χ2v) is 5.36. The average Bonchev–Trinajstić information content (AvgIpc) is 2.67.